The van der Waals surface area contributed by atoms with Gasteiger partial charge in [-0.3, -0.25) is 4.79 Å². The summed E-state index contributed by atoms with van der Waals surface area (Å²) in [5.74, 6) is 0.507. The van der Waals surface area contributed by atoms with E-state index >= 15 is 0 Å². The van der Waals surface area contributed by atoms with Crippen LogP contribution in [0.3, 0.4) is 0 Å². The van der Waals surface area contributed by atoms with Gasteiger partial charge in [0.15, 0.2) is 0 Å². The fourth-order valence-corrected chi connectivity index (χ4v) is 3.20. The van der Waals surface area contributed by atoms with Crippen molar-refractivity contribution in [2.45, 2.75) is 63.1 Å². The molecule has 0 aliphatic rings. The van der Waals surface area contributed by atoms with Gasteiger partial charge < -0.3 is 10.5 Å². The standard InChI is InChI=1S/C18H28BrNO2/c1-2-8-16(19)10-5-3-4-6-12-22-17-11-7-9-15(13-17)14-18(20)21/h7,9,11,13,16H,2-6,8,10,12,14H2,1H3,(H2,20,21). The minimum Gasteiger partial charge on any atom is -0.494 e. The quantitative estimate of drug-likeness (QED) is 0.432. The predicted molar refractivity (Wildman–Crippen MR) is 95.5 cm³/mol. The highest BCUT2D eigenvalue weighted by Gasteiger charge is 2.03. The van der Waals surface area contributed by atoms with Crippen molar-refractivity contribution < 1.29 is 9.53 Å². The average molecular weight is 370 g/mol. The Bertz CT molecular complexity index is 437. The third kappa shape index (κ3) is 9.08. The summed E-state index contributed by atoms with van der Waals surface area (Å²) in [6.45, 7) is 2.96. The fraction of sp³-hybridized carbons (Fsp3) is 0.611. The molecule has 1 aromatic carbocycles. The molecule has 0 aliphatic carbocycles. The summed E-state index contributed by atoms with van der Waals surface area (Å²) >= 11 is 3.72. The van der Waals surface area contributed by atoms with E-state index in [1.807, 2.05) is 24.3 Å². The van der Waals surface area contributed by atoms with Gasteiger partial charge in [-0.1, -0.05) is 60.7 Å². The van der Waals surface area contributed by atoms with E-state index in [0.29, 0.717) is 4.83 Å². The smallest absolute Gasteiger partial charge is 0.221 e. The summed E-state index contributed by atoms with van der Waals surface area (Å²) < 4.78 is 5.73. The summed E-state index contributed by atoms with van der Waals surface area (Å²) in [5.41, 5.74) is 6.11. The predicted octanol–water partition coefficient (Wildman–Crippen LogP) is 4.61. The lowest BCUT2D eigenvalue weighted by atomic mass is 10.1. The molecule has 124 valence electrons. The maximum atomic E-state index is 10.9. The first kappa shape index (κ1) is 19.0. The topological polar surface area (TPSA) is 52.3 Å². The second-order valence-electron chi connectivity index (χ2n) is 5.73. The third-order valence-electron chi connectivity index (χ3n) is 3.56. The summed E-state index contributed by atoms with van der Waals surface area (Å²) in [4.78, 5) is 11.6. The van der Waals surface area contributed by atoms with Crippen LogP contribution < -0.4 is 10.5 Å². The van der Waals surface area contributed by atoms with E-state index in [2.05, 4.69) is 22.9 Å². The summed E-state index contributed by atoms with van der Waals surface area (Å²) in [6.07, 6.45) is 8.87. The van der Waals surface area contributed by atoms with Crippen molar-refractivity contribution in [3.8, 4) is 5.75 Å². The van der Waals surface area contributed by atoms with Crippen molar-refractivity contribution in [3.63, 3.8) is 0 Å². The number of hydrogen-bond acceptors (Lipinski definition) is 2. The lowest BCUT2D eigenvalue weighted by Gasteiger charge is -2.09. The van der Waals surface area contributed by atoms with Crippen LogP contribution >= 0.6 is 15.9 Å². The Morgan fingerprint density at radius 1 is 1.23 bits per heavy atom. The number of rotatable bonds is 12. The van der Waals surface area contributed by atoms with Crippen LogP contribution in [0.2, 0.25) is 0 Å². The number of ether oxygens (including phenoxy) is 1. The zero-order valence-corrected chi connectivity index (χ0v) is 15.1. The SMILES string of the molecule is CCCC(Br)CCCCCCOc1cccc(CC(N)=O)c1. The van der Waals surface area contributed by atoms with E-state index in [-0.39, 0.29) is 12.3 Å². The Kier molecular flexibility index (Phi) is 9.96. The van der Waals surface area contributed by atoms with Crippen molar-refractivity contribution in [1.29, 1.82) is 0 Å². The summed E-state index contributed by atoms with van der Waals surface area (Å²) in [5, 5.41) is 0. The lowest BCUT2D eigenvalue weighted by molar-refractivity contribution is -0.117. The highest BCUT2D eigenvalue weighted by atomic mass is 79.9. The van der Waals surface area contributed by atoms with Gasteiger partial charge in [-0.2, -0.15) is 0 Å². The van der Waals surface area contributed by atoms with Crippen molar-refractivity contribution in [2.75, 3.05) is 6.61 Å². The van der Waals surface area contributed by atoms with Gasteiger partial charge in [0.05, 0.1) is 13.0 Å². The van der Waals surface area contributed by atoms with Gasteiger partial charge in [-0.15, -0.1) is 0 Å². The number of nitrogens with two attached hydrogens (primary N) is 1. The second-order valence-corrected chi connectivity index (χ2v) is 7.02. The lowest BCUT2D eigenvalue weighted by Crippen LogP contribution is -2.13. The van der Waals surface area contributed by atoms with Crippen molar-refractivity contribution in [3.05, 3.63) is 29.8 Å². The van der Waals surface area contributed by atoms with Gasteiger partial charge in [0.25, 0.3) is 0 Å². The Hall–Kier alpha value is -1.03. The van der Waals surface area contributed by atoms with E-state index in [9.17, 15) is 4.79 Å². The first-order valence-corrected chi connectivity index (χ1v) is 9.17. The van der Waals surface area contributed by atoms with Crippen LogP contribution in [0, 0.1) is 0 Å². The maximum Gasteiger partial charge on any atom is 0.221 e. The molecule has 0 saturated heterocycles. The van der Waals surface area contributed by atoms with Crippen LogP contribution in [-0.2, 0) is 11.2 Å². The Labute approximate surface area is 142 Å². The van der Waals surface area contributed by atoms with E-state index < -0.39 is 0 Å². The molecule has 0 aromatic heterocycles. The number of amides is 1. The van der Waals surface area contributed by atoms with Crippen LogP contribution in [0.4, 0.5) is 0 Å². The number of carbonyl (C=O) groups is 1. The summed E-state index contributed by atoms with van der Waals surface area (Å²) in [6, 6.07) is 7.61. The molecule has 1 unspecified atom stereocenters. The van der Waals surface area contributed by atoms with Crippen LogP contribution in [0.25, 0.3) is 0 Å². The minimum absolute atomic E-state index is 0.267. The van der Waals surface area contributed by atoms with Gasteiger partial charge in [0.2, 0.25) is 5.91 Å². The number of benzene rings is 1. The number of halogens is 1. The van der Waals surface area contributed by atoms with Gasteiger partial charge in [-0.25, -0.2) is 0 Å². The molecule has 0 bridgehead atoms. The van der Waals surface area contributed by atoms with Crippen LogP contribution in [-0.4, -0.2) is 17.3 Å². The van der Waals surface area contributed by atoms with Crippen LogP contribution in [0.15, 0.2) is 24.3 Å². The monoisotopic (exact) mass is 369 g/mol. The average Bonchev–Trinajstić information content (AvgIpc) is 2.46. The van der Waals surface area contributed by atoms with Crippen LogP contribution in [0.1, 0.15) is 57.4 Å². The summed E-state index contributed by atoms with van der Waals surface area (Å²) in [7, 11) is 0. The van der Waals surface area contributed by atoms with Gasteiger partial charge in [-0.05, 0) is 37.0 Å². The molecule has 0 saturated carbocycles. The normalized spacial score (nSPS) is 12.1. The van der Waals surface area contributed by atoms with Gasteiger partial charge >= 0.3 is 0 Å². The zero-order valence-electron chi connectivity index (χ0n) is 13.5. The van der Waals surface area contributed by atoms with E-state index in [1.165, 1.54) is 38.5 Å². The number of alkyl halides is 1. The molecular weight excluding hydrogens is 342 g/mol. The van der Waals surface area contributed by atoms with Crippen molar-refractivity contribution in [1.82, 2.24) is 0 Å². The first-order chi connectivity index (χ1) is 10.6. The molecule has 0 fully saturated rings. The Morgan fingerprint density at radius 2 is 2.00 bits per heavy atom. The van der Waals surface area contributed by atoms with E-state index in [0.717, 1.165) is 24.3 Å². The van der Waals surface area contributed by atoms with E-state index in [1.54, 1.807) is 0 Å². The molecular formula is C18H28BrNO2. The Morgan fingerprint density at radius 3 is 2.73 bits per heavy atom. The first-order valence-electron chi connectivity index (χ1n) is 8.26. The number of hydrogen-bond donors (Lipinski definition) is 1. The third-order valence-corrected chi connectivity index (χ3v) is 4.47. The molecule has 0 spiro atoms. The molecule has 22 heavy (non-hydrogen) atoms. The maximum absolute atomic E-state index is 10.9. The van der Waals surface area contributed by atoms with Gasteiger partial charge in [0.1, 0.15) is 5.75 Å². The molecule has 1 rings (SSSR count). The molecule has 0 radical (unpaired) electrons. The largest absolute Gasteiger partial charge is 0.494 e. The molecule has 0 aliphatic heterocycles. The number of unbranched alkanes of at least 4 members (excludes halogenated alkanes) is 3. The minimum atomic E-state index is -0.315. The zero-order chi connectivity index (χ0) is 16.2. The van der Waals surface area contributed by atoms with E-state index in [4.69, 9.17) is 10.5 Å². The van der Waals surface area contributed by atoms with Crippen LogP contribution in [0.5, 0.6) is 5.75 Å². The van der Waals surface area contributed by atoms with Gasteiger partial charge in [0, 0.05) is 4.83 Å². The highest BCUT2D eigenvalue weighted by Crippen LogP contribution is 2.17. The molecule has 1 atom stereocenters. The van der Waals surface area contributed by atoms with Crippen molar-refractivity contribution >= 4 is 21.8 Å². The Balaban J connectivity index is 2.10. The molecule has 4 heteroatoms. The molecule has 1 aromatic rings. The highest BCUT2D eigenvalue weighted by molar-refractivity contribution is 9.09. The molecule has 0 heterocycles. The number of primary amides is 1. The fourth-order valence-electron chi connectivity index (χ4n) is 2.42. The second kappa shape index (κ2) is 11.5. The number of carbonyl (C=O) groups excluding carboxylic acids is 1. The molecule has 3 nitrogen and oxygen atoms in total. The molecule has 2 N–H and O–H groups in total. The van der Waals surface area contributed by atoms with Crippen molar-refractivity contribution in [2.24, 2.45) is 5.73 Å². The molecule has 1 amide bonds.